The van der Waals surface area contributed by atoms with Gasteiger partial charge in [0.05, 0.1) is 0 Å². The second-order valence-corrected chi connectivity index (χ2v) is 23.9. The van der Waals surface area contributed by atoms with Crippen LogP contribution in [-0.4, -0.2) is 59.4 Å². The molecule has 314 valence electrons. The molecule has 4 aromatic carbocycles. The number of rotatable bonds is 9. The fourth-order valence-electron chi connectivity index (χ4n) is 13.2. The highest BCUT2D eigenvalue weighted by Crippen LogP contribution is 2.58. The van der Waals surface area contributed by atoms with E-state index in [0.717, 1.165) is 87.2 Å². The molecule has 2 aliphatic carbocycles. The Labute approximate surface area is 368 Å². The first kappa shape index (κ1) is 43.2. The van der Waals surface area contributed by atoms with Crippen molar-refractivity contribution >= 4 is 21.6 Å². The molecule has 4 aromatic rings. The minimum Gasteiger partial charge on any atom is -0.396 e. The van der Waals surface area contributed by atoms with Gasteiger partial charge in [-0.15, -0.1) is 0 Å². The zero-order valence-corrected chi connectivity index (χ0v) is 38.4. The van der Waals surface area contributed by atoms with E-state index < -0.39 is 0 Å². The van der Waals surface area contributed by atoms with Crippen LogP contribution in [0.1, 0.15) is 113 Å². The van der Waals surface area contributed by atoms with Gasteiger partial charge >= 0.3 is 0 Å². The van der Waals surface area contributed by atoms with Crippen LogP contribution < -0.4 is 0 Å². The standard InChI is InChI=1S/C54H64N2O2S2/c1-49-29-50(2,32-53(5,31-49)39-57)36-55(35-49)27-45-15-11-41(12-16-45)7-9-43-19-23-47(24-20-43)59-60-48-25-21-44(22-26-48)10-8-42-13-17-46(18-14-42)28-56-37-51(3)30-52(4,38-56)34-54(6,33-51)40-58/h11-26,57-58H,27-40H2,1-6H3/t49-,50+,51-,52+,53?,54?. The van der Waals surface area contributed by atoms with Gasteiger partial charge in [-0.1, -0.05) is 111 Å². The summed E-state index contributed by atoms with van der Waals surface area (Å²) >= 11 is 0. The Kier molecular flexibility index (Phi) is 12.2. The molecule has 0 aromatic heterocycles. The van der Waals surface area contributed by atoms with Crippen LogP contribution >= 0.6 is 21.6 Å². The molecular weight excluding hydrogens is 773 g/mol. The lowest BCUT2D eigenvalue weighted by Gasteiger charge is -2.59. The molecule has 8 rings (SSSR count). The van der Waals surface area contributed by atoms with Gasteiger partial charge < -0.3 is 10.2 Å². The van der Waals surface area contributed by atoms with E-state index in [1.807, 2.05) is 0 Å². The van der Waals surface area contributed by atoms with Crippen molar-refractivity contribution in [3.8, 4) is 23.7 Å². The Balaban J connectivity index is 0.783. The van der Waals surface area contributed by atoms with Crippen molar-refractivity contribution in [1.82, 2.24) is 9.80 Å². The van der Waals surface area contributed by atoms with Gasteiger partial charge in [-0.2, -0.15) is 0 Å². The number of fused-ring (bicyclic) bond motifs is 4. The third kappa shape index (κ3) is 10.6. The quantitative estimate of drug-likeness (QED) is 0.129. The molecule has 0 radical (unpaired) electrons. The van der Waals surface area contributed by atoms with Crippen molar-refractivity contribution in [2.45, 2.75) is 103 Å². The fourth-order valence-corrected chi connectivity index (χ4v) is 15.1. The van der Waals surface area contributed by atoms with Crippen LogP contribution in [0.15, 0.2) is 107 Å². The van der Waals surface area contributed by atoms with Gasteiger partial charge in [0, 0.05) is 84.5 Å². The summed E-state index contributed by atoms with van der Waals surface area (Å²) in [5.74, 6) is 13.4. The van der Waals surface area contributed by atoms with Gasteiger partial charge in [-0.25, -0.2) is 0 Å². The van der Waals surface area contributed by atoms with Gasteiger partial charge in [0.25, 0.3) is 0 Å². The van der Waals surface area contributed by atoms with Crippen molar-refractivity contribution in [2.24, 2.45) is 32.5 Å². The summed E-state index contributed by atoms with van der Waals surface area (Å²) in [6, 6.07) is 34.6. The molecule has 2 heterocycles. The normalized spacial score (nSPS) is 31.4. The highest BCUT2D eigenvalue weighted by molar-refractivity contribution is 8.76. The fraction of sp³-hybridized carbons (Fsp3) is 0.481. The van der Waals surface area contributed by atoms with E-state index in [0.29, 0.717) is 13.2 Å². The SMILES string of the molecule is CC1(CO)C[C@]2(C)CN(Cc3ccc(C#Cc4ccc(SSc5ccc(C#Cc6ccc(CN7C[C@@]8(C)CC(C)(CO)C[C@@](C)(C7)C8)cc6)cc5)cc4)cc3)C[C@](C)(C1)C2. The highest BCUT2D eigenvalue weighted by atomic mass is 33.1. The Morgan fingerprint density at radius 2 is 0.683 bits per heavy atom. The summed E-state index contributed by atoms with van der Waals surface area (Å²) in [6.07, 6.45) is 6.92. The smallest absolute Gasteiger partial charge is 0.0485 e. The molecule has 6 heteroatoms. The molecular formula is C54H64N2O2S2. The molecule has 0 spiro atoms. The predicted octanol–water partition coefficient (Wildman–Crippen LogP) is 11.3. The Bertz CT molecular complexity index is 2060. The second kappa shape index (κ2) is 17.0. The number of piperidine rings is 2. The highest BCUT2D eigenvalue weighted by Gasteiger charge is 2.54. The first-order chi connectivity index (χ1) is 28.5. The number of nitrogens with zero attached hydrogens (tertiary/aromatic N) is 2. The van der Waals surface area contributed by atoms with Crippen molar-refractivity contribution in [1.29, 1.82) is 0 Å². The number of hydrogen-bond donors (Lipinski definition) is 2. The molecule has 6 atom stereocenters. The minimum absolute atomic E-state index is 0.0464. The topological polar surface area (TPSA) is 46.9 Å². The third-order valence-electron chi connectivity index (χ3n) is 13.7. The van der Waals surface area contributed by atoms with E-state index >= 15 is 0 Å². The number of hydrogen-bond acceptors (Lipinski definition) is 6. The van der Waals surface area contributed by atoms with Crippen LogP contribution in [0.2, 0.25) is 0 Å². The maximum Gasteiger partial charge on any atom is 0.0485 e. The Morgan fingerprint density at radius 1 is 0.417 bits per heavy atom. The maximum absolute atomic E-state index is 10.1. The zero-order chi connectivity index (χ0) is 42.2. The zero-order valence-electron chi connectivity index (χ0n) is 36.7. The van der Waals surface area contributed by atoms with Crippen LogP contribution in [0.25, 0.3) is 0 Å². The Hall–Kier alpha value is -3.46. The Morgan fingerprint density at radius 3 is 0.950 bits per heavy atom. The summed E-state index contributed by atoms with van der Waals surface area (Å²) in [6.45, 7) is 21.2. The number of aliphatic hydroxyl groups is 2. The van der Waals surface area contributed by atoms with E-state index in [9.17, 15) is 10.2 Å². The molecule has 2 unspecified atom stereocenters. The summed E-state index contributed by atoms with van der Waals surface area (Å²) in [5, 5.41) is 20.2. The molecule has 2 aliphatic heterocycles. The third-order valence-corrected chi connectivity index (χ3v) is 16.1. The number of likely N-dealkylation sites (tertiary alicyclic amines) is 2. The summed E-state index contributed by atoms with van der Waals surface area (Å²) in [5.41, 5.74) is 7.91. The van der Waals surface area contributed by atoms with E-state index in [2.05, 4.69) is 172 Å². The second-order valence-electron chi connectivity index (χ2n) is 21.6. The van der Waals surface area contributed by atoms with E-state index in [4.69, 9.17) is 0 Å². The molecule has 4 nitrogen and oxygen atoms in total. The van der Waals surface area contributed by atoms with Crippen molar-refractivity contribution in [2.75, 3.05) is 39.4 Å². The molecule has 60 heavy (non-hydrogen) atoms. The summed E-state index contributed by atoms with van der Waals surface area (Å²) in [7, 11) is 3.51. The van der Waals surface area contributed by atoms with E-state index in [-0.39, 0.29) is 32.5 Å². The van der Waals surface area contributed by atoms with Crippen LogP contribution in [-0.2, 0) is 13.1 Å². The van der Waals surface area contributed by atoms with Crippen LogP contribution in [0, 0.1) is 56.2 Å². The molecule has 4 fully saturated rings. The van der Waals surface area contributed by atoms with Gasteiger partial charge in [0.1, 0.15) is 0 Å². The van der Waals surface area contributed by atoms with Gasteiger partial charge in [-0.3, -0.25) is 9.80 Å². The van der Waals surface area contributed by atoms with Gasteiger partial charge in [0.15, 0.2) is 0 Å². The molecule has 2 saturated carbocycles. The lowest BCUT2D eigenvalue weighted by Crippen LogP contribution is -2.57. The average Bonchev–Trinajstić information content (AvgIpc) is 3.18. The molecule has 4 bridgehead atoms. The van der Waals surface area contributed by atoms with Crippen molar-refractivity contribution in [3.05, 3.63) is 130 Å². The minimum atomic E-state index is 0.0464. The van der Waals surface area contributed by atoms with Crippen LogP contribution in [0.4, 0.5) is 0 Å². The van der Waals surface area contributed by atoms with E-state index in [1.54, 1.807) is 21.6 Å². The first-order valence-electron chi connectivity index (χ1n) is 22.0. The first-order valence-corrected chi connectivity index (χ1v) is 24.1. The molecule has 4 aliphatic rings. The number of benzene rings is 4. The van der Waals surface area contributed by atoms with Crippen molar-refractivity contribution in [3.63, 3.8) is 0 Å². The molecule has 0 amide bonds. The summed E-state index contributed by atoms with van der Waals surface area (Å²) < 4.78 is 0. The lowest BCUT2D eigenvalue weighted by molar-refractivity contribution is -0.105. The molecule has 2 saturated heterocycles. The number of aliphatic hydroxyl groups excluding tert-OH is 2. The van der Waals surface area contributed by atoms with Gasteiger partial charge in [0.2, 0.25) is 0 Å². The maximum atomic E-state index is 10.1. The van der Waals surface area contributed by atoms with Gasteiger partial charge in [-0.05, 0) is 155 Å². The summed E-state index contributed by atoms with van der Waals surface area (Å²) in [4.78, 5) is 7.67. The van der Waals surface area contributed by atoms with Crippen LogP contribution in [0.5, 0.6) is 0 Å². The average molecular weight is 837 g/mol. The monoisotopic (exact) mass is 836 g/mol. The van der Waals surface area contributed by atoms with Crippen molar-refractivity contribution < 1.29 is 10.2 Å². The molecule has 2 N–H and O–H groups in total. The van der Waals surface area contributed by atoms with Crippen LogP contribution in [0.3, 0.4) is 0 Å². The lowest BCUT2D eigenvalue weighted by atomic mass is 9.52. The largest absolute Gasteiger partial charge is 0.396 e. The van der Waals surface area contributed by atoms with E-state index in [1.165, 1.54) is 33.8 Å². The predicted molar refractivity (Wildman–Crippen MR) is 251 cm³/mol.